The van der Waals surface area contributed by atoms with Crippen LogP contribution in [0.3, 0.4) is 0 Å². The second kappa shape index (κ2) is 7.48. The summed E-state index contributed by atoms with van der Waals surface area (Å²) in [6.07, 6.45) is 4.20. The van der Waals surface area contributed by atoms with Crippen LogP contribution in [0.5, 0.6) is 5.75 Å². The zero-order chi connectivity index (χ0) is 18.7. The summed E-state index contributed by atoms with van der Waals surface area (Å²) in [5, 5.41) is 0. The molecule has 2 aliphatic heterocycles. The first kappa shape index (κ1) is 18.4. The van der Waals surface area contributed by atoms with Crippen molar-refractivity contribution < 1.29 is 18.7 Å². The highest BCUT2D eigenvalue weighted by Gasteiger charge is 2.49. The van der Waals surface area contributed by atoms with Gasteiger partial charge in [-0.25, -0.2) is 4.39 Å². The smallest absolute Gasteiger partial charge is 0.230 e. The van der Waals surface area contributed by atoms with Gasteiger partial charge < -0.3 is 14.5 Å². The first-order chi connectivity index (χ1) is 12.5. The Morgan fingerprint density at radius 2 is 2.19 bits per heavy atom. The monoisotopic (exact) mass is 360 g/mol. The van der Waals surface area contributed by atoms with Gasteiger partial charge in [-0.15, -0.1) is 6.58 Å². The van der Waals surface area contributed by atoms with Gasteiger partial charge in [0.15, 0.2) is 0 Å². The summed E-state index contributed by atoms with van der Waals surface area (Å²) in [7, 11) is 1.53. The van der Waals surface area contributed by atoms with E-state index in [4.69, 9.17) is 4.74 Å². The number of rotatable bonds is 5. The highest BCUT2D eigenvalue weighted by molar-refractivity contribution is 5.86. The van der Waals surface area contributed by atoms with Gasteiger partial charge in [-0.05, 0) is 37.5 Å². The maximum Gasteiger partial charge on any atom is 0.230 e. The van der Waals surface area contributed by atoms with Gasteiger partial charge >= 0.3 is 0 Å². The van der Waals surface area contributed by atoms with Crippen molar-refractivity contribution in [1.82, 2.24) is 9.80 Å². The Labute approximate surface area is 153 Å². The molecular weight excluding hydrogens is 335 g/mol. The highest BCUT2D eigenvalue weighted by Crippen LogP contribution is 2.40. The van der Waals surface area contributed by atoms with E-state index in [1.54, 1.807) is 28.0 Å². The number of carbonyl (C=O) groups is 2. The number of likely N-dealkylation sites (tertiary alicyclic amines) is 2. The number of piperidine rings is 1. The minimum atomic E-state index is -0.523. The summed E-state index contributed by atoms with van der Waals surface area (Å²) in [5.41, 5.74) is -0.0722. The number of hydrogen-bond acceptors (Lipinski definition) is 3. The summed E-state index contributed by atoms with van der Waals surface area (Å²) >= 11 is 0. The summed E-state index contributed by atoms with van der Waals surface area (Å²) in [6.45, 7) is 5.49. The molecule has 1 aromatic carbocycles. The van der Waals surface area contributed by atoms with Crippen molar-refractivity contribution in [3.63, 3.8) is 0 Å². The molecule has 2 heterocycles. The lowest BCUT2D eigenvalue weighted by Crippen LogP contribution is -2.50. The van der Waals surface area contributed by atoms with Crippen molar-refractivity contribution in [2.45, 2.75) is 32.2 Å². The van der Waals surface area contributed by atoms with Crippen LogP contribution < -0.4 is 4.74 Å². The maximum atomic E-state index is 14.2. The second-order valence-electron chi connectivity index (χ2n) is 7.13. The molecule has 0 aliphatic carbocycles. The number of halogens is 1. The van der Waals surface area contributed by atoms with E-state index in [-0.39, 0.29) is 24.2 Å². The van der Waals surface area contributed by atoms with Crippen LogP contribution in [0.1, 0.15) is 31.2 Å². The van der Waals surface area contributed by atoms with Gasteiger partial charge in [-0.2, -0.15) is 0 Å². The molecule has 0 bridgehead atoms. The largest absolute Gasteiger partial charge is 0.497 e. The normalized spacial score (nSPS) is 22.8. The SMILES string of the molecule is C=CCC(=O)N1CCC2(CCCN(Cc3cc(OC)ccc3F)C2=O)C1. The lowest BCUT2D eigenvalue weighted by molar-refractivity contribution is -0.146. The minimum absolute atomic E-state index is 0.0145. The minimum Gasteiger partial charge on any atom is -0.497 e. The molecule has 2 aliphatic rings. The fraction of sp³-hybridized carbons (Fsp3) is 0.500. The van der Waals surface area contributed by atoms with E-state index >= 15 is 0 Å². The molecule has 1 atom stereocenters. The van der Waals surface area contributed by atoms with E-state index in [0.717, 1.165) is 12.8 Å². The molecule has 3 rings (SSSR count). The Bertz CT molecular complexity index is 721. The fourth-order valence-corrected chi connectivity index (χ4v) is 4.02. The Hall–Kier alpha value is -2.37. The van der Waals surface area contributed by atoms with Crippen LogP contribution in [0, 0.1) is 11.2 Å². The van der Waals surface area contributed by atoms with Crippen molar-refractivity contribution in [3.05, 3.63) is 42.2 Å². The van der Waals surface area contributed by atoms with Gasteiger partial charge in [0.05, 0.1) is 12.5 Å². The zero-order valence-electron chi connectivity index (χ0n) is 15.2. The topological polar surface area (TPSA) is 49.9 Å². The van der Waals surface area contributed by atoms with E-state index in [2.05, 4.69) is 6.58 Å². The van der Waals surface area contributed by atoms with E-state index in [1.165, 1.54) is 13.2 Å². The zero-order valence-corrected chi connectivity index (χ0v) is 15.2. The molecular formula is C20H25FN2O3. The number of carbonyl (C=O) groups excluding carboxylic acids is 2. The molecule has 0 radical (unpaired) electrons. The molecule has 0 saturated carbocycles. The molecule has 1 spiro atoms. The first-order valence-electron chi connectivity index (χ1n) is 8.99. The summed E-state index contributed by atoms with van der Waals surface area (Å²) in [6, 6.07) is 4.57. The Morgan fingerprint density at radius 3 is 2.92 bits per heavy atom. The van der Waals surface area contributed by atoms with Gasteiger partial charge in [0, 0.05) is 38.2 Å². The van der Waals surface area contributed by atoms with Gasteiger partial charge in [0.1, 0.15) is 11.6 Å². The van der Waals surface area contributed by atoms with Crippen molar-refractivity contribution in [2.24, 2.45) is 5.41 Å². The molecule has 26 heavy (non-hydrogen) atoms. The number of amides is 2. The molecule has 0 aromatic heterocycles. The average molecular weight is 360 g/mol. The number of hydrogen-bond donors (Lipinski definition) is 0. The third kappa shape index (κ3) is 3.45. The van der Waals surface area contributed by atoms with Crippen LogP contribution in [-0.4, -0.2) is 48.4 Å². The van der Waals surface area contributed by atoms with E-state index in [1.807, 2.05) is 0 Å². The lowest BCUT2D eigenvalue weighted by Gasteiger charge is -2.39. The summed E-state index contributed by atoms with van der Waals surface area (Å²) in [4.78, 5) is 28.8. The third-order valence-corrected chi connectivity index (χ3v) is 5.46. The van der Waals surface area contributed by atoms with Crippen molar-refractivity contribution in [2.75, 3.05) is 26.7 Å². The van der Waals surface area contributed by atoms with E-state index in [9.17, 15) is 14.0 Å². The fourth-order valence-electron chi connectivity index (χ4n) is 4.02. The quantitative estimate of drug-likeness (QED) is 0.759. The van der Waals surface area contributed by atoms with Gasteiger partial charge in [0.25, 0.3) is 0 Å². The standard InChI is InChI=1S/C20H25FN2O3/c1-3-5-18(24)23-11-9-20(14-23)8-4-10-22(19(20)25)13-15-12-16(26-2)6-7-17(15)21/h3,6-7,12H,1,4-5,8-11,13-14H2,2H3. The molecule has 2 saturated heterocycles. The van der Waals surface area contributed by atoms with Crippen LogP contribution in [0.15, 0.2) is 30.9 Å². The molecule has 140 valence electrons. The van der Waals surface area contributed by atoms with Crippen molar-refractivity contribution in [1.29, 1.82) is 0 Å². The number of ether oxygens (including phenoxy) is 1. The Balaban J connectivity index is 1.74. The predicted molar refractivity (Wildman–Crippen MR) is 96.0 cm³/mol. The first-order valence-corrected chi connectivity index (χ1v) is 8.99. The summed E-state index contributed by atoms with van der Waals surface area (Å²) < 4.78 is 19.3. The maximum absolute atomic E-state index is 14.2. The number of benzene rings is 1. The van der Waals surface area contributed by atoms with Crippen LogP contribution in [0.2, 0.25) is 0 Å². The van der Waals surface area contributed by atoms with Crippen LogP contribution in [0.25, 0.3) is 0 Å². The van der Waals surface area contributed by atoms with Gasteiger partial charge in [-0.3, -0.25) is 9.59 Å². The molecule has 1 aromatic rings. The van der Waals surface area contributed by atoms with Gasteiger partial charge in [0.2, 0.25) is 11.8 Å². The molecule has 5 nitrogen and oxygen atoms in total. The summed E-state index contributed by atoms with van der Waals surface area (Å²) in [5.74, 6) is 0.274. The van der Waals surface area contributed by atoms with E-state index < -0.39 is 5.41 Å². The Kier molecular flexibility index (Phi) is 5.30. The second-order valence-corrected chi connectivity index (χ2v) is 7.13. The van der Waals surface area contributed by atoms with Crippen LogP contribution >= 0.6 is 0 Å². The molecule has 0 N–H and O–H groups in total. The lowest BCUT2D eigenvalue weighted by atomic mass is 9.78. The average Bonchev–Trinajstić information content (AvgIpc) is 3.06. The molecule has 2 amide bonds. The Morgan fingerprint density at radius 1 is 1.38 bits per heavy atom. The number of methoxy groups -OCH3 is 1. The molecule has 1 unspecified atom stereocenters. The molecule has 6 heteroatoms. The number of nitrogens with zero attached hydrogens (tertiary/aromatic N) is 2. The third-order valence-electron chi connectivity index (χ3n) is 5.46. The molecule has 2 fully saturated rings. The van der Waals surface area contributed by atoms with E-state index in [0.29, 0.717) is 43.8 Å². The van der Waals surface area contributed by atoms with Crippen molar-refractivity contribution in [3.8, 4) is 5.75 Å². The van der Waals surface area contributed by atoms with Crippen molar-refractivity contribution >= 4 is 11.8 Å². The highest BCUT2D eigenvalue weighted by atomic mass is 19.1. The van der Waals surface area contributed by atoms with Gasteiger partial charge in [-0.1, -0.05) is 6.08 Å². The van der Waals surface area contributed by atoms with Crippen LogP contribution in [-0.2, 0) is 16.1 Å². The van der Waals surface area contributed by atoms with Crippen LogP contribution in [0.4, 0.5) is 4.39 Å². The predicted octanol–water partition coefficient (Wildman–Crippen LogP) is 2.75.